The van der Waals surface area contributed by atoms with Crippen molar-refractivity contribution in [3.63, 3.8) is 0 Å². The highest BCUT2D eigenvalue weighted by molar-refractivity contribution is 7.80. The number of hydrogen-bond acceptors (Lipinski definition) is 4. The van der Waals surface area contributed by atoms with Gasteiger partial charge in [-0.25, -0.2) is 4.79 Å². The van der Waals surface area contributed by atoms with Gasteiger partial charge in [0.2, 0.25) is 0 Å². The molecule has 0 atom stereocenters. The van der Waals surface area contributed by atoms with E-state index in [1.165, 1.54) is 0 Å². The van der Waals surface area contributed by atoms with E-state index in [1.54, 1.807) is 36.5 Å². The molecule has 5 nitrogen and oxygen atoms in total. The van der Waals surface area contributed by atoms with Gasteiger partial charge in [0.05, 0.1) is 11.8 Å². The van der Waals surface area contributed by atoms with Crippen molar-refractivity contribution in [3.8, 4) is 5.75 Å². The number of fused-ring (bicyclic) bond motifs is 1. The third kappa shape index (κ3) is 5.74. The van der Waals surface area contributed by atoms with E-state index in [0.29, 0.717) is 27.0 Å². The van der Waals surface area contributed by atoms with Crippen LogP contribution in [0.1, 0.15) is 21.5 Å². The predicted molar refractivity (Wildman–Crippen MR) is 138 cm³/mol. The van der Waals surface area contributed by atoms with E-state index in [0.717, 1.165) is 22.0 Å². The van der Waals surface area contributed by atoms with E-state index >= 15 is 0 Å². The number of nitrogens with one attached hydrogen (secondary N) is 2. The number of rotatable bonds is 5. The lowest BCUT2D eigenvalue weighted by atomic mass is 10.0. The molecule has 0 aliphatic rings. The largest absolute Gasteiger partial charge is 0.422 e. The summed E-state index contributed by atoms with van der Waals surface area (Å²) < 4.78 is 5.70. The molecule has 164 valence electrons. The number of hydrogen-bond donors (Lipinski definition) is 2. The van der Waals surface area contributed by atoms with Crippen LogP contribution in [0, 0.1) is 6.92 Å². The molecule has 0 amide bonds. The Bertz CT molecular complexity index is 1350. The normalized spacial score (nSPS) is 10.8. The summed E-state index contributed by atoms with van der Waals surface area (Å²) in [5.74, 6) is -0.0991. The van der Waals surface area contributed by atoms with Crippen molar-refractivity contribution < 1.29 is 9.53 Å². The third-order valence-electron chi connectivity index (χ3n) is 4.85. The first-order valence-electron chi connectivity index (χ1n) is 10.2. The Morgan fingerprint density at radius 3 is 2.58 bits per heavy atom. The number of aryl methyl sites for hydroxylation is 1. The van der Waals surface area contributed by atoms with Crippen molar-refractivity contribution in [2.75, 3.05) is 5.32 Å². The number of carbonyl (C=O) groups excluding carboxylic acids is 1. The van der Waals surface area contributed by atoms with Gasteiger partial charge in [-0.2, -0.15) is 5.10 Å². The summed E-state index contributed by atoms with van der Waals surface area (Å²) in [6.45, 7) is 2.01. The van der Waals surface area contributed by atoms with Crippen LogP contribution in [0.25, 0.3) is 10.8 Å². The lowest BCUT2D eigenvalue weighted by Gasteiger charge is -2.11. The summed E-state index contributed by atoms with van der Waals surface area (Å²) in [4.78, 5) is 12.7. The van der Waals surface area contributed by atoms with Gasteiger partial charge in [-0.15, -0.1) is 0 Å². The fraction of sp³-hybridized carbons (Fsp3) is 0.0385. The fourth-order valence-electron chi connectivity index (χ4n) is 3.28. The number of carbonyl (C=O) groups is 1. The van der Waals surface area contributed by atoms with E-state index < -0.39 is 5.97 Å². The number of thiocarbonyl (C=S) groups is 1. The van der Waals surface area contributed by atoms with Gasteiger partial charge in [0.25, 0.3) is 0 Å². The highest BCUT2D eigenvalue weighted by Gasteiger charge is 2.13. The molecule has 0 spiro atoms. The van der Waals surface area contributed by atoms with Crippen LogP contribution in [0.15, 0.2) is 90.0 Å². The van der Waals surface area contributed by atoms with Crippen molar-refractivity contribution in [3.05, 3.63) is 107 Å². The Labute approximate surface area is 202 Å². The number of hydrazone groups is 1. The van der Waals surface area contributed by atoms with Crippen molar-refractivity contribution in [1.29, 1.82) is 0 Å². The zero-order valence-corrected chi connectivity index (χ0v) is 19.3. The van der Waals surface area contributed by atoms with Crippen LogP contribution in [0.2, 0.25) is 5.02 Å². The number of benzene rings is 4. The molecular formula is C26H20ClN3O2S. The Morgan fingerprint density at radius 2 is 1.79 bits per heavy atom. The molecule has 4 aromatic carbocycles. The maximum Gasteiger partial charge on any atom is 0.343 e. The van der Waals surface area contributed by atoms with E-state index in [2.05, 4.69) is 15.8 Å². The minimum atomic E-state index is -0.485. The highest BCUT2D eigenvalue weighted by Crippen LogP contribution is 2.27. The molecule has 33 heavy (non-hydrogen) atoms. The Balaban J connectivity index is 1.56. The first-order chi connectivity index (χ1) is 16.0. The molecule has 0 saturated heterocycles. The average Bonchev–Trinajstić information content (AvgIpc) is 2.80. The van der Waals surface area contributed by atoms with E-state index in [1.807, 2.05) is 61.5 Å². The van der Waals surface area contributed by atoms with Gasteiger partial charge in [-0.05, 0) is 77.9 Å². The number of halogens is 1. The van der Waals surface area contributed by atoms with Crippen LogP contribution in [-0.4, -0.2) is 17.3 Å². The first kappa shape index (κ1) is 22.5. The number of ether oxygens (including phenoxy) is 1. The van der Waals surface area contributed by atoms with E-state index in [4.69, 9.17) is 28.6 Å². The van der Waals surface area contributed by atoms with Gasteiger partial charge in [0, 0.05) is 16.3 Å². The second-order valence-electron chi connectivity index (χ2n) is 7.29. The van der Waals surface area contributed by atoms with Crippen molar-refractivity contribution in [2.24, 2.45) is 5.10 Å². The maximum absolute atomic E-state index is 12.7. The van der Waals surface area contributed by atoms with Gasteiger partial charge in [0.15, 0.2) is 5.11 Å². The van der Waals surface area contributed by atoms with Crippen LogP contribution < -0.4 is 15.5 Å². The standard InChI is InChI=1S/C26H20ClN3O2S/c1-17-5-4-7-21(15-17)29-26(33)30-28-16-23-22-8-3-2-6-18(22)11-14-24(23)32-25(31)19-9-12-20(27)13-10-19/h2-16H,1H3,(H2,29,30,33)/b28-16-. The van der Waals surface area contributed by atoms with Crippen LogP contribution in [0.4, 0.5) is 5.69 Å². The van der Waals surface area contributed by atoms with Gasteiger partial charge < -0.3 is 10.1 Å². The molecule has 0 aliphatic heterocycles. The van der Waals surface area contributed by atoms with E-state index in [-0.39, 0.29) is 0 Å². The number of nitrogens with zero attached hydrogens (tertiary/aromatic N) is 1. The first-order valence-corrected chi connectivity index (χ1v) is 10.9. The molecule has 7 heteroatoms. The van der Waals surface area contributed by atoms with Crippen LogP contribution in [0.5, 0.6) is 5.75 Å². The Kier molecular flexibility index (Phi) is 6.98. The quantitative estimate of drug-likeness (QED) is 0.116. The Morgan fingerprint density at radius 1 is 1.00 bits per heavy atom. The molecule has 4 aromatic rings. The van der Waals surface area contributed by atoms with Crippen LogP contribution in [0.3, 0.4) is 0 Å². The summed E-state index contributed by atoms with van der Waals surface area (Å²) in [7, 11) is 0. The molecule has 0 heterocycles. The zero-order chi connectivity index (χ0) is 23.2. The topological polar surface area (TPSA) is 62.7 Å². The number of esters is 1. The summed E-state index contributed by atoms with van der Waals surface area (Å²) in [5, 5.41) is 10.1. The molecule has 0 aliphatic carbocycles. The molecule has 0 unspecified atom stereocenters. The highest BCUT2D eigenvalue weighted by atomic mass is 35.5. The Hall–Kier alpha value is -3.74. The van der Waals surface area contributed by atoms with Gasteiger partial charge >= 0.3 is 5.97 Å². The summed E-state index contributed by atoms with van der Waals surface area (Å²) >= 11 is 11.3. The molecule has 0 bridgehead atoms. The molecule has 0 radical (unpaired) electrons. The molecule has 0 fully saturated rings. The molecule has 0 saturated carbocycles. The minimum Gasteiger partial charge on any atom is -0.422 e. The van der Waals surface area contributed by atoms with Crippen LogP contribution >= 0.6 is 23.8 Å². The summed E-state index contributed by atoms with van der Waals surface area (Å²) in [6, 6.07) is 25.8. The van der Waals surface area contributed by atoms with Gasteiger partial charge in [-0.1, -0.05) is 54.1 Å². The van der Waals surface area contributed by atoms with E-state index in [9.17, 15) is 4.79 Å². The maximum atomic E-state index is 12.7. The average molecular weight is 474 g/mol. The lowest BCUT2D eigenvalue weighted by molar-refractivity contribution is 0.0735. The monoisotopic (exact) mass is 473 g/mol. The third-order valence-corrected chi connectivity index (χ3v) is 5.29. The summed E-state index contributed by atoms with van der Waals surface area (Å²) in [5.41, 5.74) is 5.86. The molecule has 2 N–H and O–H groups in total. The van der Waals surface area contributed by atoms with Crippen molar-refractivity contribution in [2.45, 2.75) is 6.92 Å². The van der Waals surface area contributed by atoms with Crippen molar-refractivity contribution >= 4 is 57.6 Å². The number of anilines is 1. The summed E-state index contributed by atoms with van der Waals surface area (Å²) in [6.07, 6.45) is 1.59. The second-order valence-corrected chi connectivity index (χ2v) is 8.13. The van der Waals surface area contributed by atoms with Gasteiger partial charge in [0.1, 0.15) is 5.75 Å². The second kappa shape index (κ2) is 10.3. The minimum absolute atomic E-state index is 0.344. The molecule has 4 rings (SSSR count). The SMILES string of the molecule is Cc1cccc(NC(=S)N/N=C\c2c(OC(=O)c3ccc(Cl)cc3)ccc3ccccc23)c1. The van der Waals surface area contributed by atoms with Gasteiger partial charge in [-0.3, -0.25) is 5.43 Å². The van der Waals surface area contributed by atoms with Crippen molar-refractivity contribution in [1.82, 2.24) is 5.43 Å². The predicted octanol–water partition coefficient (Wildman–Crippen LogP) is 6.34. The molecule has 0 aromatic heterocycles. The zero-order valence-electron chi connectivity index (χ0n) is 17.7. The molecular weight excluding hydrogens is 454 g/mol. The van der Waals surface area contributed by atoms with Crippen LogP contribution in [-0.2, 0) is 0 Å². The lowest BCUT2D eigenvalue weighted by Crippen LogP contribution is -2.23. The fourth-order valence-corrected chi connectivity index (χ4v) is 3.58. The smallest absolute Gasteiger partial charge is 0.343 e.